The number of nitrogens with one attached hydrogen (secondary N) is 1. The molecule has 2 heterocycles. The van der Waals surface area contributed by atoms with Crippen LogP contribution in [0.4, 0.5) is 23.2 Å². The van der Waals surface area contributed by atoms with Crippen molar-refractivity contribution in [1.82, 2.24) is 20.0 Å². The largest absolute Gasteiger partial charge is 0.480 e. The van der Waals surface area contributed by atoms with Crippen LogP contribution in [0.1, 0.15) is 16.1 Å². The smallest absolute Gasteiger partial charge is 0.434 e. The van der Waals surface area contributed by atoms with Crippen LogP contribution in [0, 0.1) is 5.82 Å². The number of para-hydroxylation sites is 1. The lowest BCUT2D eigenvalue weighted by Gasteiger charge is -2.12. The Labute approximate surface area is 149 Å². The van der Waals surface area contributed by atoms with E-state index >= 15 is 0 Å². The summed E-state index contributed by atoms with van der Waals surface area (Å²) in [5, 5.41) is 12.9. The van der Waals surface area contributed by atoms with E-state index < -0.39 is 29.2 Å². The third-order valence-electron chi connectivity index (χ3n) is 3.46. The minimum Gasteiger partial charge on any atom is -0.480 e. The minimum absolute atomic E-state index is 0.0944. The Hall–Kier alpha value is -3.50. The van der Waals surface area contributed by atoms with Crippen molar-refractivity contribution in [1.29, 1.82) is 0 Å². The van der Waals surface area contributed by atoms with Crippen LogP contribution in [0.15, 0.2) is 42.6 Å². The van der Waals surface area contributed by atoms with Gasteiger partial charge in [-0.2, -0.15) is 18.3 Å². The van der Waals surface area contributed by atoms with Crippen molar-refractivity contribution in [2.45, 2.75) is 6.18 Å². The molecule has 1 aromatic carbocycles. The molecule has 3 rings (SSSR count). The van der Waals surface area contributed by atoms with Crippen molar-refractivity contribution >= 4 is 11.6 Å². The van der Waals surface area contributed by atoms with E-state index in [1.54, 1.807) is 0 Å². The lowest BCUT2D eigenvalue weighted by molar-refractivity contribution is -0.143. The molecule has 1 N–H and O–H groups in total. The first kappa shape index (κ1) is 18.3. The number of halogens is 4. The molecule has 2 aromatic heterocycles. The summed E-state index contributed by atoms with van der Waals surface area (Å²) < 4.78 is 59.6. The standard InChI is InChI=1S/C16H11F4N5O2/c1-27-13-7-6-12(23-24-13)25-14(16(18,19)20)9(8-21-25)15(26)22-11-5-3-2-4-10(11)17/h2-8H,1H3,(H,22,26). The second-order valence-electron chi connectivity index (χ2n) is 5.18. The maximum atomic E-state index is 13.7. The molecular weight excluding hydrogens is 370 g/mol. The number of carbonyl (C=O) groups excluding carboxylic acids is 1. The maximum absolute atomic E-state index is 13.7. The van der Waals surface area contributed by atoms with Crippen LogP contribution < -0.4 is 10.1 Å². The zero-order chi connectivity index (χ0) is 19.6. The molecular formula is C16H11F4N5O2. The summed E-state index contributed by atoms with van der Waals surface area (Å²) in [5.74, 6) is -2.13. The number of aromatic nitrogens is 4. The van der Waals surface area contributed by atoms with Gasteiger partial charge in [0.2, 0.25) is 5.88 Å². The first-order valence-electron chi connectivity index (χ1n) is 7.40. The summed E-state index contributed by atoms with van der Waals surface area (Å²) in [5.41, 5.74) is -2.41. The van der Waals surface area contributed by atoms with Gasteiger partial charge in [-0.25, -0.2) is 9.07 Å². The number of ether oxygens (including phenoxy) is 1. The van der Waals surface area contributed by atoms with E-state index in [0.717, 1.165) is 12.3 Å². The molecule has 0 saturated heterocycles. The minimum atomic E-state index is -4.93. The van der Waals surface area contributed by atoms with Crippen LogP contribution in [-0.4, -0.2) is 33.0 Å². The number of carbonyl (C=O) groups is 1. The Bertz CT molecular complexity index is 970. The number of alkyl halides is 3. The Morgan fingerprint density at radius 2 is 1.89 bits per heavy atom. The average Bonchev–Trinajstić information content (AvgIpc) is 3.09. The fraction of sp³-hybridized carbons (Fsp3) is 0.125. The average molecular weight is 381 g/mol. The van der Waals surface area contributed by atoms with Crippen molar-refractivity contribution in [2.24, 2.45) is 0 Å². The summed E-state index contributed by atoms with van der Waals surface area (Å²) in [4.78, 5) is 12.3. The molecule has 0 saturated carbocycles. The Morgan fingerprint density at radius 1 is 1.15 bits per heavy atom. The van der Waals surface area contributed by atoms with Crippen molar-refractivity contribution in [3.05, 3.63) is 59.7 Å². The van der Waals surface area contributed by atoms with Gasteiger partial charge in [0.1, 0.15) is 5.82 Å². The van der Waals surface area contributed by atoms with Crippen molar-refractivity contribution < 1.29 is 27.1 Å². The third kappa shape index (κ3) is 3.71. The van der Waals surface area contributed by atoms with E-state index in [-0.39, 0.29) is 17.4 Å². The lowest BCUT2D eigenvalue weighted by Crippen LogP contribution is -2.21. The fourth-order valence-electron chi connectivity index (χ4n) is 2.25. The highest BCUT2D eigenvalue weighted by Crippen LogP contribution is 2.33. The van der Waals surface area contributed by atoms with Crippen molar-refractivity contribution in [3.63, 3.8) is 0 Å². The van der Waals surface area contributed by atoms with Crippen LogP contribution in [0.3, 0.4) is 0 Å². The Kier molecular flexibility index (Phi) is 4.75. The predicted molar refractivity (Wildman–Crippen MR) is 85.1 cm³/mol. The predicted octanol–water partition coefficient (Wildman–Crippen LogP) is 3.08. The molecule has 1 amide bonds. The molecule has 0 atom stereocenters. The topological polar surface area (TPSA) is 81.9 Å². The highest BCUT2D eigenvalue weighted by Gasteiger charge is 2.41. The van der Waals surface area contributed by atoms with Crippen LogP contribution in [0.2, 0.25) is 0 Å². The van der Waals surface area contributed by atoms with Gasteiger partial charge in [-0.3, -0.25) is 4.79 Å². The van der Waals surface area contributed by atoms with Gasteiger partial charge >= 0.3 is 6.18 Å². The molecule has 140 valence electrons. The molecule has 0 spiro atoms. The highest BCUT2D eigenvalue weighted by molar-refractivity contribution is 6.05. The second kappa shape index (κ2) is 7.02. The van der Waals surface area contributed by atoms with E-state index in [4.69, 9.17) is 4.74 Å². The van der Waals surface area contributed by atoms with E-state index in [2.05, 4.69) is 20.6 Å². The van der Waals surface area contributed by atoms with Gasteiger partial charge in [0.25, 0.3) is 5.91 Å². The fourth-order valence-corrected chi connectivity index (χ4v) is 2.25. The summed E-state index contributed by atoms with van der Waals surface area (Å²) in [6.07, 6.45) is -4.20. The Balaban J connectivity index is 2.02. The van der Waals surface area contributed by atoms with Crippen molar-refractivity contribution in [2.75, 3.05) is 12.4 Å². The van der Waals surface area contributed by atoms with E-state index in [1.165, 1.54) is 37.4 Å². The zero-order valence-electron chi connectivity index (χ0n) is 13.7. The number of benzene rings is 1. The number of hydrogen-bond acceptors (Lipinski definition) is 5. The summed E-state index contributed by atoms with van der Waals surface area (Å²) in [6.45, 7) is 0. The van der Waals surface area contributed by atoms with Crippen LogP contribution >= 0.6 is 0 Å². The van der Waals surface area contributed by atoms with Gasteiger partial charge in [-0.1, -0.05) is 12.1 Å². The Morgan fingerprint density at radius 3 is 2.48 bits per heavy atom. The normalized spacial score (nSPS) is 11.3. The number of rotatable bonds is 4. The molecule has 0 aliphatic heterocycles. The lowest BCUT2D eigenvalue weighted by atomic mass is 10.2. The monoisotopic (exact) mass is 381 g/mol. The first-order chi connectivity index (χ1) is 12.8. The molecule has 27 heavy (non-hydrogen) atoms. The SMILES string of the molecule is COc1ccc(-n2ncc(C(=O)Nc3ccccc3F)c2C(F)(F)F)nn1. The van der Waals surface area contributed by atoms with Gasteiger partial charge < -0.3 is 10.1 Å². The van der Waals surface area contributed by atoms with Crippen LogP contribution in [-0.2, 0) is 6.18 Å². The summed E-state index contributed by atoms with van der Waals surface area (Å²) >= 11 is 0. The van der Waals surface area contributed by atoms with Gasteiger partial charge in [-0.05, 0) is 18.2 Å². The summed E-state index contributed by atoms with van der Waals surface area (Å²) in [7, 11) is 1.32. The molecule has 0 aliphatic carbocycles. The van der Waals surface area contributed by atoms with E-state index in [9.17, 15) is 22.4 Å². The zero-order valence-corrected chi connectivity index (χ0v) is 13.7. The highest BCUT2D eigenvalue weighted by atomic mass is 19.4. The number of methoxy groups -OCH3 is 1. The third-order valence-corrected chi connectivity index (χ3v) is 3.46. The second-order valence-corrected chi connectivity index (χ2v) is 5.18. The number of hydrogen-bond donors (Lipinski definition) is 1. The molecule has 0 aliphatic rings. The molecule has 11 heteroatoms. The van der Waals surface area contributed by atoms with Gasteiger partial charge in [0.05, 0.1) is 24.6 Å². The molecule has 0 radical (unpaired) electrons. The number of amides is 1. The molecule has 3 aromatic rings. The summed E-state index contributed by atoms with van der Waals surface area (Å²) in [6, 6.07) is 7.60. The van der Waals surface area contributed by atoms with Crippen molar-refractivity contribution in [3.8, 4) is 11.7 Å². The maximum Gasteiger partial charge on any atom is 0.434 e. The van der Waals surface area contributed by atoms with Gasteiger partial charge in [0, 0.05) is 6.07 Å². The molecule has 0 fully saturated rings. The quantitative estimate of drug-likeness (QED) is 0.703. The van der Waals surface area contributed by atoms with Gasteiger partial charge in [0.15, 0.2) is 11.5 Å². The molecule has 7 nitrogen and oxygen atoms in total. The number of anilines is 1. The van der Waals surface area contributed by atoms with Gasteiger partial charge in [-0.15, -0.1) is 10.2 Å². The first-order valence-corrected chi connectivity index (χ1v) is 7.40. The van der Waals surface area contributed by atoms with Crippen LogP contribution in [0.25, 0.3) is 5.82 Å². The molecule has 0 unspecified atom stereocenters. The van der Waals surface area contributed by atoms with Crippen LogP contribution in [0.5, 0.6) is 5.88 Å². The van der Waals surface area contributed by atoms with E-state index in [1.807, 2.05) is 0 Å². The number of nitrogens with zero attached hydrogens (tertiary/aromatic N) is 4. The molecule has 0 bridgehead atoms. The van der Waals surface area contributed by atoms with E-state index in [0.29, 0.717) is 4.68 Å².